The van der Waals surface area contributed by atoms with E-state index in [9.17, 15) is 0 Å². The third-order valence-corrected chi connectivity index (χ3v) is 3.66. The number of methoxy groups -OCH3 is 1. The molecular weight excluding hydrogens is 238 g/mol. The Morgan fingerprint density at radius 3 is 2.68 bits per heavy atom. The van der Waals surface area contributed by atoms with Crippen LogP contribution < -0.4 is 5.32 Å². The minimum Gasteiger partial charge on any atom is -0.385 e. The van der Waals surface area contributed by atoms with Crippen LogP contribution in [0.4, 0.5) is 0 Å². The molecule has 1 N–H and O–H groups in total. The second kappa shape index (κ2) is 6.74. The van der Waals surface area contributed by atoms with Crippen molar-refractivity contribution < 1.29 is 4.74 Å². The monoisotopic (exact) mass is 263 g/mol. The molecule has 0 fully saturated rings. The SMILES string of the molecule is COCCC(C)(C)CNCc1cc(C#N)n(C)c1C. The normalized spacial score (nSPS) is 11.6. The van der Waals surface area contributed by atoms with Crippen molar-refractivity contribution in [3.63, 3.8) is 0 Å². The predicted molar refractivity (Wildman–Crippen MR) is 76.8 cm³/mol. The Morgan fingerprint density at radius 2 is 2.16 bits per heavy atom. The molecule has 4 nitrogen and oxygen atoms in total. The van der Waals surface area contributed by atoms with Gasteiger partial charge in [-0.25, -0.2) is 0 Å². The number of nitrogens with zero attached hydrogens (tertiary/aromatic N) is 2. The molecule has 0 unspecified atom stereocenters. The van der Waals surface area contributed by atoms with Gasteiger partial charge >= 0.3 is 0 Å². The van der Waals surface area contributed by atoms with Crippen molar-refractivity contribution in [1.82, 2.24) is 9.88 Å². The van der Waals surface area contributed by atoms with E-state index in [1.54, 1.807) is 7.11 Å². The third kappa shape index (κ3) is 4.38. The highest BCUT2D eigenvalue weighted by Gasteiger charge is 2.17. The van der Waals surface area contributed by atoms with Gasteiger partial charge in [-0.1, -0.05) is 13.8 Å². The van der Waals surface area contributed by atoms with Gasteiger partial charge in [-0.3, -0.25) is 0 Å². The molecule has 0 aromatic carbocycles. The molecule has 1 aromatic rings. The van der Waals surface area contributed by atoms with Crippen molar-refractivity contribution in [2.75, 3.05) is 20.3 Å². The van der Waals surface area contributed by atoms with Gasteiger partial charge in [0, 0.05) is 39.5 Å². The van der Waals surface area contributed by atoms with Crippen LogP contribution in [0.15, 0.2) is 6.07 Å². The van der Waals surface area contributed by atoms with Crippen LogP contribution in [0, 0.1) is 23.7 Å². The summed E-state index contributed by atoms with van der Waals surface area (Å²) in [5.74, 6) is 0. The Balaban J connectivity index is 2.52. The maximum atomic E-state index is 9.00. The second-order valence-corrected chi connectivity index (χ2v) is 5.82. The van der Waals surface area contributed by atoms with Gasteiger partial charge in [-0.15, -0.1) is 0 Å². The largest absolute Gasteiger partial charge is 0.385 e. The number of hydrogen-bond donors (Lipinski definition) is 1. The van der Waals surface area contributed by atoms with Crippen LogP contribution in [-0.2, 0) is 18.3 Å². The zero-order chi connectivity index (χ0) is 14.5. The number of hydrogen-bond acceptors (Lipinski definition) is 3. The number of aromatic nitrogens is 1. The maximum absolute atomic E-state index is 9.00. The molecule has 0 radical (unpaired) electrons. The second-order valence-electron chi connectivity index (χ2n) is 5.82. The fourth-order valence-corrected chi connectivity index (χ4v) is 2.05. The van der Waals surface area contributed by atoms with Gasteiger partial charge in [0.15, 0.2) is 0 Å². The van der Waals surface area contributed by atoms with Crippen LogP contribution in [0.3, 0.4) is 0 Å². The van der Waals surface area contributed by atoms with E-state index < -0.39 is 0 Å². The molecule has 0 amide bonds. The molecule has 0 aliphatic carbocycles. The molecule has 0 saturated carbocycles. The molecule has 0 spiro atoms. The van der Waals surface area contributed by atoms with Crippen LogP contribution in [0.25, 0.3) is 0 Å². The molecule has 19 heavy (non-hydrogen) atoms. The van der Waals surface area contributed by atoms with Gasteiger partial charge in [0.2, 0.25) is 0 Å². The summed E-state index contributed by atoms with van der Waals surface area (Å²) in [4.78, 5) is 0. The van der Waals surface area contributed by atoms with Crippen LogP contribution in [0.1, 0.15) is 37.2 Å². The highest BCUT2D eigenvalue weighted by molar-refractivity contribution is 5.34. The Hall–Kier alpha value is -1.31. The van der Waals surface area contributed by atoms with Crippen molar-refractivity contribution in [2.24, 2.45) is 12.5 Å². The molecule has 1 heterocycles. The molecule has 1 aromatic heterocycles. The molecule has 0 bridgehead atoms. The summed E-state index contributed by atoms with van der Waals surface area (Å²) in [6.07, 6.45) is 1.04. The molecule has 4 heteroatoms. The first-order chi connectivity index (χ1) is 8.91. The van der Waals surface area contributed by atoms with Gasteiger partial charge in [0.05, 0.1) is 0 Å². The Morgan fingerprint density at radius 1 is 1.47 bits per heavy atom. The highest BCUT2D eigenvalue weighted by atomic mass is 16.5. The average Bonchev–Trinajstić information content (AvgIpc) is 2.64. The van der Waals surface area contributed by atoms with Gasteiger partial charge in [-0.2, -0.15) is 5.26 Å². The minimum absolute atomic E-state index is 0.219. The van der Waals surface area contributed by atoms with Crippen LogP contribution in [0.5, 0.6) is 0 Å². The Bertz CT molecular complexity index is 455. The topological polar surface area (TPSA) is 50.0 Å². The first kappa shape index (κ1) is 15.7. The maximum Gasteiger partial charge on any atom is 0.120 e. The van der Waals surface area contributed by atoms with Crippen molar-refractivity contribution in [1.29, 1.82) is 5.26 Å². The summed E-state index contributed by atoms with van der Waals surface area (Å²) >= 11 is 0. The third-order valence-electron chi connectivity index (χ3n) is 3.66. The lowest BCUT2D eigenvalue weighted by atomic mass is 9.89. The van der Waals surface area contributed by atoms with Crippen molar-refractivity contribution in [3.8, 4) is 6.07 Å². The summed E-state index contributed by atoms with van der Waals surface area (Å²) in [5.41, 5.74) is 3.28. The number of ether oxygens (including phenoxy) is 1. The Labute approximate surface area is 116 Å². The van der Waals surface area contributed by atoms with Gasteiger partial charge < -0.3 is 14.6 Å². The highest BCUT2D eigenvalue weighted by Crippen LogP contribution is 2.19. The fraction of sp³-hybridized carbons (Fsp3) is 0.667. The van der Waals surface area contributed by atoms with Crippen molar-refractivity contribution >= 4 is 0 Å². The number of nitriles is 1. The lowest BCUT2D eigenvalue weighted by molar-refractivity contribution is 0.150. The molecule has 0 aliphatic heterocycles. The standard InChI is InChI=1S/C15H25N3O/c1-12-13(8-14(9-16)18(12)4)10-17-11-15(2,3)6-7-19-5/h8,17H,6-7,10-11H2,1-5H3. The van der Waals surface area contributed by atoms with E-state index >= 15 is 0 Å². The molecule has 0 saturated heterocycles. The van der Waals surface area contributed by atoms with E-state index in [0.29, 0.717) is 5.69 Å². The fourth-order valence-electron chi connectivity index (χ4n) is 2.05. The lowest BCUT2D eigenvalue weighted by Crippen LogP contribution is -2.30. The van der Waals surface area contributed by atoms with Crippen molar-refractivity contribution in [3.05, 3.63) is 23.0 Å². The summed E-state index contributed by atoms with van der Waals surface area (Å²) in [7, 11) is 3.67. The summed E-state index contributed by atoms with van der Waals surface area (Å²) in [5, 5.41) is 12.5. The van der Waals surface area contributed by atoms with E-state index in [1.807, 2.05) is 24.6 Å². The Kier molecular flexibility index (Phi) is 5.59. The quantitative estimate of drug-likeness (QED) is 0.821. The summed E-state index contributed by atoms with van der Waals surface area (Å²) in [6, 6.07) is 4.17. The number of rotatable bonds is 7. The smallest absolute Gasteiger partial charge is 0.120 e. The van der Waals surface area contributed by atoms with Crippen LogP contribution in [-0.4, -0.2) is 24.8 Å². The van der Waals surface area contributed by atoms with E-state index in [2.05, 4.69) is 25.2 Å². The van der Waals surface area contributed by atoms with E-state index in [4.69, 9.17) is 10.00 Å². The molecular formula is C15H25N3O. The minimum atomic E-state index is 0.219. The van der Waals surface area contributed by atoms with Crippen LogP contribution in [0.2, 0.25) is 0 Å². The summed E-state index contributed by atoms with van der Waals surface area (Å²) < 4.78 is 7.07. The molecule has 0 atom stereocenters. The zero-order valence-electron chi connectivity index (χ0n) is 12.7. The van der Waals surface area contributed by atoms with Crippen molar-refractivity contribution in [2.45, 2.75) is 33.7 Å². The summed E-state index contributed by atoms with van der Waals surface area (Å²) in [6.45, 7) is 9.05. The molecule has 106 valence electrons. The number of nitrogens with one attached hydrogen (secondary N) is 1. The van der Waals surface area contributed by atoms with E-state index in [1.165, 1.54) is 5.56 Å². The van der Waals surface area contributed by atoms with Gasteiger partial charge in [0.1, 0.15) is 11.8 Å². The van der Waals surface area contributed by atoms with Gasteiger partial charge in [-0.05, 0) is 30.4 Å². The lowest BCUT2D eigenvalue weighted by Gasteiger charge is -2.24. The predicted octanol–water partition coefficient (Wildman–Crippen LogP) is 2.36. The van der Waals surface area contributed by atoms with Crippen LogP contribution >= 0.6 is 0 Å². The zero-order valence-corrected chi connectivity index (χ0v) is 12.7. The van der Waals surface area contributed by atoms with E-state index in [0.717, 1.165) is 31.8 Å². The van der Waals surface area contributed by atoms with Gasteiger partial charge in [0.25, 0.3) is 0 Å². The molecule has 0 aliphatic rings. The van der Waals surface area contributed by atoms with E-state index in [-0.39, 0.29) is 5.41 Å². The molecule has 1 rings (SSSR count). The first-order valence-corrected chi connectivity index (χ1v) is 6.66. The first-order valence-electron chi connectivity index (χ1n) is 6.66. The average molecular weight is 263 g/mol.